The van der Waals surface area contributed by atoms with E-state index in [0.717, 1.165) is 20.8 Å². The number of alkyl halides is 3. The van der Waals surface area contributed by atoms with Gasteiger partial charge in [0.05, 0.1) is 26.9 Å². The van der Waals surface area contributed by atoms with Crippen LogP contribution in [-0.2, 0) is 11.0 Å². The van der Waals surface area contributed by atoms with Crippen LogP contribution < -0.4 is 10.6 Å². The average Bonchev–Trinajstić information content (AvgIpc) is 3.12. The summed E-state index contributed by atoms with van der Waals surface area (Å²) in [4.78, 5) is 15.2. The third-order valence-corrected chi connectivity index (χ3v) is 6.91. The van der Waals surface area contributed by atoms with Crippen LogP contribution in [0.4, 0.5) is 18.9 Å². The maximum Gasteiger partial charge on any atom is 0.416 e. The van der Waals surface area contributed by atoms with Crippen LogP contribution in [0, 0.1) is 11.3 Å². The number of hydrogen-bond acceptors (Lipinski definition) is 5. The van der Waals surface area contributed by atoms with Crippen molar-refractivity contribution in [1.29, 1.82) is 5.26 Å². The van der Waals surface area contributed by atoms with Crippen molar-refractivity contribution >= 4 is 38.7 Å². The molecule has 0 amide bonds. The van der Waals surface area contributed by atoms with Crippen LogP contribution in [0.25, 0.3) is 0 Å². The van der Waals surface area contributed by atoms with Gasteiger partial charge < -0.3 is 5.73 Å². The molecule has 30 heavy (non-hydrogen) atoms. The van der Waals surface area contributed by atoms with Gasteiger partial charge in [0, 0.05) is 28.3 Å². The molecule has 0 radical (unpaired) electrons. The summed E-state index contributed by atoms with van der Waals surface area (Å²) in [6.45, 7) is 0. The van der Waals surface area contributed by atoms with Gasteiger partial charge in [0.2, 0.25) is 0 Å². The molecule has 0 saturated heterocycles. The van der Waals surface area contributed by atoms with Crippen molar-refractivity contribution in [3.63, 3.8) is 0 Å². The van der Waals surface area contributed by atoms with Crippen LogP contribution in [0.5, 0.6) is 0 Å². The Kier molecular flexibility index (Phi) is 5.24. The fraction of sp³-hybridized carbons (Fsp3) is 0.238. The number of ketones is 1. The van der Waals surface area contributed by atoms with Crippen LogP contribution in [0.2, 0.25) is 0 Å². The highest BCUT2D eigenvalue weighted by Crippen LogP contribution is 2.48. The quantitative estimate of drug-likeness (QED) is 0.570. The molecule has 2 heterocycles. The molecular weight excluding hydrogens is 479 g/mol. The molecule has 0 fully saturated rings. The molecule has 1 atom stereocenters. The summed E-state index contributed by atoms with van der Waals surface area (Å²) in [5.41, 5.74) is 6.90. The summed E-state index contributed by atoms with van der Waals surface area (Å²) in [7, 11) is 0. The van der Waals surface area contributed by atoms with Crippen molar-refractivity contribution in [2.75, 3.05) is 4.90 Å². The van der Waals surface area contributed by atoms with Crippen molar-refractivity contribution < 1.29 is 18.0 Å². The summed E-state index contributed by atoms with van der Waals surface area (Å²) in [6.07, 6.45) is -3.13. The number of benzene rings is 1. The average molecular weight is 494 g/mol. The molecule has 0 saturated carbocycles. The van der Waals surface area contributed by atoms with Gasteiger partial charge in [-0.2, -0.15) is 18.4 Å². The third kappa shape index (κ3) is 3.44. The summed E-state index contributed by atoms with van der Waals surface area (Å²) in [5, 5.41) is 9.89. The topological polar surface area (TPSA) is 70.1 Å². The van der Waals surface area contributed by atoms with Crippen molar-refractivity contribution in [3.8, 4) is 6.07 Å². The van der Waals surface area contributed by atoms with Gasteiger partial charge in [-0.05, 0) is 59.1 Å². The van der Waals surface area contributed by atoms with Gasteiger partial charge >= 0.3 is 6.18 Å². The van der Waals surface area contributed by atoms with Crippen molar-refractivity contribution in [1.82, 2.24) is 0 Å². The normalized spacial score (nSPS) is 19.8. The fourth-order valence-electron chi connectivity index (χ4n) is 3.97. The maximum atomic E-state index is 13.3. The van der Waals surface area contributed by atoms with E-state index in [9.17, 15) is 23.2 Å². The molecule has 1 aliphatic carbocycles. The highest BCUT2D eigenvalue weighted by Gasteiger charge is 2.41. The highest BCUT2D eigenvalue weighted by molar-refractivity contribution is 9.11. The first-order valence-corrected chi connectivity index (χ1v) is 10.7. The molecule has 154 valence electrons. The summed E-state index contributed by atoms with van der Waals surface area (Å²) >= 11 is 4.80. The minimum Gasteiger partial charge on any atom is -0.384 e. The minimum atomic E-state index is -4.52. The molecule has 1 aromatic carbocycles. The lowest BCUT2D eigenvalue weighted by molar-refractivity contribution is -0.137. The number of halogens is 4. The fourth-order valence-corrected chi connectivity index (χ4v) is 5.51. The second-order valence-electron chi connectivity index (χ2n) is 7.01. The van der Waals surface area contributed by atoms with E-state index < -0.39 is 17.7 Å². The number of allylic oxidation sites excluding steroid dienone is 3. The zero-order valence-electron chi connectivity index (χ0n) is 15.5. The molecule has 2 aromatic rings. The number of hydrogen-bond donors (Lipinski definition) is 1. The van der Waals surface area contributed by atoms with Crippen molar-refractivity contribution in [2.45, 2.75) is 31.4 Å². The van der Waals surface area contributed by atoms with Gasteiger partial charge in [0.25, 0.3) is 0 Å². The number of anilines is 1. The summed E-state index contributed by atoms with van der Waals surface area (Å²) in [5.74, 6) is -0.668. The van der Waals surface area contributed by atoms with Crippen molar-refractivity contribution in [3.05, 3.63) is 73.3 Å². The molecule has 0 spiro atoms. The van der Waals surface area contributed by atoms with Gasteiger partial charge in [-0.25, -0.2) is 0 Å². The second-order valence-corrected chi connectivity index (χ2v) is 9.50. The Morgan fingerprint density at radius 1 is 1.23 bits per heavy atom. The Hall–Kier alpha value is -2.57. The smallest absolute Gasteiger partial charge is 0.384 e. The number of carbonyl (C=O) groups is 1. The van der Waals surface area contributed by atoms with Crippen LogP contribution in [0.15, 0.2) is 62.8 Å². The van der Waals surface area contributed by atoms with Gasteiger partial charge in [0.1, 0.15) is 5.82 Å². The third-order valence-electron chi connectivity index (χ3n) is 5.22. The Morgan fingerprint density at radius 2 is 2.00 bits per heavy atom. The molecule has 1 aromatic heterocycles. The van der Waals surface area contributed by atoms with Crippen LogP contribution in [-0.4, -0.2) is 5.78 Å². The van der Waals surface area contributed by atoms with E-state index in [1.807, 2.05) is 12.1 Å². The Labute approximate surface area is 183 Å². The molecule has 1 unspecified atom stereocenters. The molecular formula is C21H15BrF3N3OS. The number of nitriles is 1. The number of Topliss-reactive ketones (excluding diaryl/α,β-unsaturated/α-hetero) is 1. The van der Waals surface area contributed by atoms with Crippen LogP contribution in [0.3, 0.4) is 0 Å². The predicted molar refractivity (Wildman–Crippen MR) is 111 cm³/mol. The SMILES string of the molecule is N#CC1=C(N)N(c2cccc(C(F)(F)F)c2)C2=C(C(=O)CCC2)C1c1ccc(Br)s1. The van der Waals surface area contributed by atoms with Crippen molar-refractivity contribution in [2.24, 2.45) is 5.73 Å². The molecule has 2 aliphatic rings. The van der Waals surface area contributed by atoms with Gasteiger partial charge in [0.15, 0.2) is 5.78 Å². The maximum absolute atomic E-state index is 13.3. The molecule has 1 aliphatic heterocycles. The lowest BCUT2D eigenvalue weighted by Gasteiger charge is -2.39. The summed E-state index contributed by atoms with van der Waals surface area (Å²) in [6, 6.07) is 10.5. The van der Waals surface area contributed by atoms with E-state index >= 15 is 0 Å². The Balaban J connectivity index is 1.95. The molecule has 9 heteroatoms. The van der Waals surface area contributed by atoms with E-state index in [0.29, 0.717) is 30.5 Å². The van der Waals surface area contributed by atoms with Gasteiger partial charge in [-0.1, -0.05) is 6.07 Å². The second kappa shape index (κ2) is 7.60. The van der Waals surface area contributed by atoms with Gasteiger partial charge in [-0.3, -0.25) is 9.69 Å². The number of nitrogens with two attached hydrogens (primary N) is 1. The lowest BCUT2D eigenvalue weighted by Crippen LogP contribution is -2.38. The summed E-state index contributed by atoms with van der Waals surface area (Å²) < 4.78 is 40.7. The molecule has 0 bridgehead atoms. The first kappa shape index (κ1) is 20.7. The lowest BCUT2D eigenvalue weighted by atomic mass is 9.78. The van der Waals surface area contributed by atoms with E-state index in [-0.39, 0.29) is 22.9 Å². The first-order chi connectivity index (χ1) is 14.2. The Morgan fingerprint density at radius 3 is 2.63 bits per heavy atom. The van der Waals surface area contributed by atoms with Crippen LogP contribution >= 0.6 is 27.3 Å². The number of carbonyl (C=O) groups excluding carboxylic acids is 1. The highest BCUT2D eigenvalue weighted by atomic mass is 79.9. The first-order valence-electron chi connectivity index (χ1n) is 9.11. The zero-order chi connectivity index (χ0) is 21.6. The predicted octanol–water partition coefficient (Wildman–Crippen LogP) is 5.83. The molecule has 4 nitrogen and oxygen atoms in total. The largest absolute Gasteiger partial charge is 0.416 e. The molecule has 2 N–H and O–H groups in total. The molecule has 4 rings (SSSR count). The number of thiophene rings is 1. The monoisotopic (exact) mass is 493 g/mol. The minimum absolute atomic E-state index is 0.0554. The van der Waals surface area contributed by atoms with E-state index in [1.54, 1.807) is 0 Å². The van der Waals surface area contributed by atoms with E-state index in [1.165, 1.54) is 28.4 Å². The van der Waals surface area contributed by atoms with E-state index in [2.05, 4.69) is 22.0 Å². The Bertz CT molecular complexity index is 1140. The van der Waals surface area contributed by atoms with Crippen LogP contribution in [0.1, 0.15) is 35.6 Å². The zero-order valence-corrected chi connectivity index (χ0v) is 17.9. The van der Waals surface area contributed by atoms with Gasteiger partial charge in [-0.15, -0.1) is 11.3 Å². The number of nitrogens with zero attached hydrogens (tertiary/aromatic N) is 2. The van der Waals surface area contributed by atoms with E-state index in [4.69, 9.17) is 5.73 Å². The standard InChI is InChI=1S/C21H15BrF3N3OS/c22-17-8-7-16(30-17)18-13(10-26)20(27)28(14-5-2-6-15(29)19(14)18)12-4-1-3-11(9-12)21(23,24)25/h1,3-4,7-9,18H,2,5-6,27H2. The number of rotatable bonds is 2.